The number of hydrogen-bond donors (Lipinski definition) is 3. The Bertz CT molecular complexity index is 1180. The summed E-state index contributed by atoms with van der Waals surface area (Å²) in [7, 11) is 2.96. The van der Waals surface area contributed by atoms with Crippen molar-refractivity contribution in [2.75, 3.05) is 24.3 Å². The topological polar surface area (TPSA) is 191 Å². The van der Waals surface area contributed by atoms with Gasteiger partial charge >= 0.3 is 5.97 Å². The van der Waals surface area contributed by atoms with E-state index in [9.17, 15) is 19.5 Å². The van der Waals surface area contributed by atoms with E-state index in [1.165, 1.54) is 46.4 Å². The summed E-state index contributed by atoms with van der Waals surface area (Å²) >= 11 is 3.67. The van der Waals surface area contributed by atoms with Crippen LogP contribution in [-0.4, -0.2) is 88.7 Å². The summed E-state index contributed by atoms with van der Waals surface area (Å²) in [5.41, 5.74) is 6.02. The van der Waals surface area contributed by atoms with Crippen LogP contribution in [0.2, 0.25) is 0 Å². The first kappa shape index (κ1) is 23.0. The van der Waals surface area contributed by atoms with Gasteiger partial charge in [0.2, 0.25) is 5.16 Å². The number of carboxylic acids is 1. The lowest BCUT2D eigenvalue weighted by molar-refractivity contribution is -0.150. The Morgan fingerprint density at radius 2 is 2.27 bits per heavy atom. The molecule has 1 fully saturated rings. The standard InChI is InChI=1S/C16H17N9O5S3/c1-24-16(20-22-23-24)32-5-6-4-31-13-9(12(27)25(13)10(6)14(28)29)19-11(26)8(21-30-2)7-3-18-15(17)33-7/h3,9,13H,4-5H2,1-2H3,(H2,17,18)(H,19,26)(H,28,29)/b21-8+. The number of aliphatic carboxylic acids is 1. The molecule has 14 nitrogen and oxygen atoms in total. The van der Waals surface area contributed by atoms with Crippen molar-refractivity contribution in [1.82, 2.24) is 35.4 Å². The summed E-state index contributed by atoms with van der Waals surface area (Å²) in [5.74, 6) is -1.73. The molecule has 4 N–H and O–H groups in total. The van der Waals surface area contributed by atoms with Gasteiger partial charge in [-0.15, -0.1) is 16.9 Å². The third-order valence-corrected chi connectivity index (χ3v) is 7.92. The van der Waals surface area contributed by atoms with Crippen molar-refractivity contribution >= 4 is 63.5 Å². The van der Waals surface area contributed by atoms with E-state index in [0.717, 1.165) is 11.3 Å². The molecule has 4 heterocycles. The molecule has 4 rings (SSSR count). The molecule has 2 atom stereocenters. The molecule has 2 aliphatic rings. The van der Waals surface area contributed by atoms with Crippen molar-refractivity contribution in [2.45, 2.75) is 16.6 Å². The Labute approximate surface area is 198 Å². The van der Waals surface area contributed by atoms with Crippen LogP contribution in [0.15, 0.2) is 27.8 Å². The number of tetrazole rings is 1. The van der Waals surface area contributed by atoms with E-state index >= 15 is 0 Å². The van der Waals surface area contributed by atoms with Crippen LogP contribution in [0.4, 0.5) is 5.13 Å². The zero-order valence-electron chi connectivity index (χ0n) is 17.2. The number of amides is 2. The molecular weight excluding hydrogens is 494 g/mol. The second-order valence-electron chi connectivity index (χ2n) is 6.68. The number of fused-ring (bicyclic) bond motifs is 1. The number of β-lactam (4-membered cyclic amide) rings is 1. The molecule has 2 amide bonds. The average molecular weight is 512 g/mol. The number of oxime groups is 1. The Hall–Kier alpha value is -3.18. The normalized spacial score (nSPS) is 20.4. The van der Waals surface area contributed by atoms with E-state index in [0.29, 0.717) is 27.1 Å². The van der Waals surface area contributed by atoms with Gasteiger partial charge < -0.3 is 21.0 Å². The lowest BCUT2D eigenvalue weighted by atomic mass is 10.0. The number of thiazole rings is 1. The van der Waals surface area contributed by atoms with E-state index in [1.54, 1.807) is 7.05 Å². The summed E-state index contributed by atoms with van der Waals surface area (Å²) in [5, 5.41) is 27.5. The molecule has 2 unspecified atom stereocenters. The summed E-state index contributed by atoms with van der Waals surface area (Å²) in [6.45, 7) is 0. The predicted molar refractivity (Wildman–Crippen MR) is 119 cm³/mol. The second-order valence-corrected chi connectivity index (χ2v) is 9.79. The molecule has 33 heavy (non-hydrogen) atoms. The van der Waals surface area contributed by atoms with Gasteiger partial charge in [-0.2, -0.15) is 0 Å². The highest BCUT2D eigenvalue weighted by atomic mass is 32.2. The highest BCUT2D eigenvalue weighted by molar-refractivity contribution is 8.01. The Balaban J connectivity index is 1.49. The summed E-state index contributed by atoms with van der Waals surface area (Å²) in [4.78, 5) is 47.8. The molecule has 0 aliphatic carbocycles. The largest absolute Gasteiger partial charge is 0.477 e. The smallest absolute Gasteiger partial charge is 0.352 e. The fraction of sp³-hybridized carbons (Fsp3) is 0.375. The molecule has 0 radical (unpaired) electrons. The fourth-order valence-electron chi connectivity index (χ4n) is 3.19. The SMILES string of the molecule is CO/N=C(/C(=O)NC1C(=O)N2C(C(=O)O)=C(CSc3nnnn3C)CSC12)c1cnc(N)s1. The number of rotatable bonds is 8. The minimum atomic E-state index is -1.22. The van der Waals surface area contributed by atoms with Gasteiger partial charge in [-0.3, -0.25) is 14.5 Å². The third-order valence-electron chi connectivity index (χ3n) is 4.65. The number of aryl methyl sites for hydroxylation is 1. The number of carbonyl (C=O) groups excluding carboxylic acids is 2. The minimum absolute atomic E-state index is 0.0814. The van der Waals surface area contributed by atoms with E-state index in [2.05, 4.69) is 31.0 Å². The monoisotopic (exact) mass is 511 g/mol. The van der Waals surface area contributed by atoms with Crippen LogP contribution in [0, 0.1) is 0 Å². The fourth-order valence-corrected chi connectivity index (χ4v) is 6.18. The first-order valence-electron chi connectivity index (χ1n) is 9.20. The number of nitrogen functional groups attached to an aromatic ring is 1. The third kappa shape index (κ3) is 4.38. The minimum Gasteiger partial charge on any atom is -0.477 e. The number of nitrogens with one attached hydrogen (secondary N) is 1. The number of anilines is 1. The summed E-state index contributed by atoms with van der Waals surface area (Å²) < 4.78 is 1.47. The molecule has 2 aromatic rings. The molecule has 2 aromatic heterocycles. The summed E-state index contributed by atoms with van der Waals surface area (Å²) in [6.07, 6.45) is 1.38. The lowest BCUT2D eigenvalue weighted by Gasteiger charge is -2.49. The van der Waals surface area contributed by atoms with Crippen LogP contribution in [-0.2, 0) is 26.3 Å². The molecule has 1 saturated heterocycles. The second kappa shape index (κ2) is 9.36. The van der Waals surface area contributed by atoms with E-state index in [4.69, 9.17) is 10.6 Å². The maximum atomic E-state index is 12.9. The van der Waals surface area contributed by atoms with Crippen molar-refractivity contribution < 1.29 is 24.3 Å². The van der Waals surface area contributed by atoms with Gasteiger partial charge in [-0.25, -0.2) is 14.5 Å². The number of aromatic nitrogens is 5. The summed E-state index contributed by atoms with van der Waals surface area (Å²) in [6, 6.07) is -0.915. The van der Waals surface area contributed by atoms with Crippen LogP contribution in [0.3, 0.4) is 0 Å². The number of carboxylic acid groups (broad SMARTS) is 1. The maximum Gasteiger partial charge on any atom is 0.352 e. The number of hydrogen-bond acceptors (Lipinski definition) is 13. The number of nitrogens with zero attached hydrogens (tertiary/aromatic N) is 7. The molecule has 0 saturated carbocycles. The van der Waals surface area contributed by atoms with Gasteiger partial charge in [0.25, 0.3) is 11.8 Å². The highest BCUT2D eigenvalue weighted by Crippen LogP contribution is 2.41. The molecule has 17 heteroatoms. The van der Waals surface area contributed by atoms with Crippen LogP contribution < -0.4 is 11.1 Å². The quantitative estimate of drug-likeness (QED) is 0.172. The number of thioether (sulfide) groups is 2. The molecular formula is C16H17N9O5S3. The Morgan fingerprint density at radius 3 is 2.88 bits per heavy atom. The van der Waals surface area contributed by atoms with Crippen molar-refractivity contribution in [3.63, 3.8) is 0 Å². The van der Waals surface area contributed by atoms with Gasteiger partial charge in [0.05, 0.1) is 4.88 Å². The van der Waals surface area contributed by atoms with Crippen LogP contribution >= 0.6 is 34.9 Å². The first-order valence-corrected chi connectivity index (χ1v) is 12.1. The lowest BCUT2D eigenvalue weighted by Crippen LogP contribution is -2.71. The molecule has 0 spiro atoms. The van der Waals surface area contributed by atoms with Crippen molar-refractivity contribution in [3.8, 4) is 0 Å². The molecule has 0 bridgehead atoms. The number of carbonyl (C=O) groups is 3. The Morgan fingerprint density at radius 1 is 1.48 bits per heavy atom. The van der Waals surface area contributed by atoms with Gasteiger partial charge in [-0.1, -0.05) is 28.3 Å². The van der Waals surface area contributed by atoms with Gasteiger partial charge in [0.1, 0.15) is 24.2 Å². The molecule has 0 aromatic carbocycles. The van der Waals surface area contributed by atoms with Gasteiger partial charge in [0.15, 0.2) is 10.8 Å². The predicted octanol–water partition coefficient (Wildman–Crippen LogP) is -0.870. The van der Waals surface area contributed by atoms with Gasteiger partial charge in [-0.05, 0) is 16.0 Å². The van der Waals surface area contributed by atoms with Gasteiger partial charge in [0, 0.05) is 24.8 Å². The van der Waals surface area contributed by atoms with E-state index in [1.807, 2.05) is 0 Å². The zero-order chi connectivity index (χ0) is 23.7. The van der Waals surface area contributed by atoms with Crippen LogP contribution in [0.1, 0.15) is 4.88 Å². The molecule has 174 valence electrons. The number of nitrogens with two attached hydrogens (primary N) is 1. The van der Waals surface area contributed by atoms with E-state index in [-0.39, 0.29) is 16.5 Å². The van der Waals surface area contributed by atoms with Crippen molar-refractivity contribution in [3.05, 3.63) is 22.3 Å². The van der Waals surface area contributed by atoms with Crippen molar-refractivity contribution in [1.29, 1.82) is 0 Å². The highest BCUT2D eigenvalue weighted by Gasteiger charge is 2.54. The van der Waals surface area contributed by atoms with Crippen LogP contribution in [0.5, 0.6) is 0 Å². The molecule has 2 aliphatic heterocycles. The average Bonchev–Trinajstić information content (AvgIpc) is 3.40. The Kier molecular flexibility index (Phi) is 6.52. The van der Waals surface area contributed by atoms with Crippen molar-refractivity contribution in [2.24, 2.45) is 12.2 Å². The van der Waals surface area contributed by atoms with E-state index < -0.39 is 29.2 Å². The maximum absolute atomic E-state index is 12.9. The van der Waals surface area contributed by atoms with Crippen LogP contribution in [0.25, 0.3) is 0 Å². The zero-order valence-corrected chi connectivity index (χ0v) is 19.6. The first-order chi connectivity index (χ1) is 15.8.